The van der Waals surface area contributed by atoms with Crippen LogP contribution in [0.4, 0.5) is 0 Å². The Hall–Kier alpha value is -0.740. The van der Waals surface area contributed by atoms with Crippen LogP contribution in [-0.4, -0.2) is 0 Å². The average Bonchev–Trinajstić information content (AvgIpc) is 2.03. The van der Waals surface area contributed by atoms with E-state index < -0.39 is 0 Å². The lowest BCUT2D eigenvalue weighted by Crippen LogP contribution is -2.11. The second kappa shape index (κ2) is 3.55. The Balaban J connectivity index is 3.24. The highest BCUT2D eigenvalue weighted by molar-refractivity contribution is 9.10. The molecule has 0 saturated heterocycles. The van der Waals surface area contributed by atoms with Gasteiger partial charge in [0.1, 0.15) is 0 Å². The Morgan fingerprint density at radius 2 is 1.92 bits per heavy atom. The summed E-state index contributed by atoms with van der Waals surface area (Å²) in [6.45, 7) is 6.53. The Labute approximate surface area is 88.5 Å². The summed E-state index contributed by atoms with van der Waals surface area (Å²) < 4.78 is 0.989. The van der Waals surface area contributed by atoms with Gasteiger partial charge in [-0.25, -0.2) is 0 Å². The molecule has 1 rings (SSSR count). The standard InChI is InChI=1S/C12H13Br/c1-5-9-8-10(12(2,3)4)6-7-11(9)13/h1,6-8H,2-4H3. The van der Waals surface area contributed by atoms with Crippen LogP contribution in [0.5, 0.6) is 0 Å². The van der Waals surface area contributed by atoms with E-state index in [1.54, 1.807) is 0 Å². The van der Waals surface area contributed by atoms with E-state index >= 15 is 0 Å². The molecule has 0 atom stereocenters. The van der Waals surface area contributed by atoms with Gasteiger partial charge in [-0.1, -0.05) is 32.8 Å². The molecule has 0 radical (unpaired) electrons. The van der Waals surface area contributed by atoms with Gasteiger partial charge in [-0.3, -0.25) is 0 Å². The van der Waals surface area contributed by atoms with Gasteiger partial charge in [0.2, 0.25) is 0 Å². The summed E-state index contributed by atoms with van der Waals surface area (Å²) in [6, 6.07) is 6.17. The first-order valence-corrected chi connectivity index (χ1v) is 5.01. The summed E-state index contributed by atoms with van der Waals surface area (Å²) >= 11 is 3.41. The molecule has 1 heteroatoms. The molecule has 0 aromatic heterocycles. The minimum Gasteiger partial charge on any atom is -0.115 e. The van der Waals surface area contributed by atoms with Crippen molar-refractivity contribution in [2.45, 2.75) is 26.2 Å². The van der Waals surface area contributed by atoms with Crippen molar-refractivity contribution in [2.24, 2.45) is 0 Å². The molecule has 1 aromatic rings. The van der Waals surface area contributed by atoms with Crippen molar-refractivity contribution in [1.82, 2.24) is 0 Å². The molecule has 0 nitrogen and oxygen atoms in total. The van der Waals surface area contributed by atoms with Gasteiger partial charge < -0.3 is 0 Å². The fraction of sp³-hybridized carbons (Fsp3) is 0.333. The number of hydrogen-bond acceptors (Lipinski definition) is 0. The Kier molecular flexibility index (Phi) is 2.83. The quantitative estimate of drug-likeness (QED) is 0.603. The average molecular weight is 237 g/mol. The fourth-order valence-electron chi connectivity index (χ4n) is 1.10. The minimum absolute atomic E-state index is 0.159. The largest absolute Gasteiger partial charge is 0.115 e. The van der Waals surface area contributed by atoms with E-state index in [0.29, 0.717) is 0 Å². The van der Waals surface area contributed by atoms with E-state index in [0.717, 1.165) is 10.0 Å². The van der Waals surface area contributed by atoms with E-state index in [2.05, 4.69) is 54.8 Å². The molecule has 0 aliphatic rings. The molecule has 68 valence electrons. The molecule has 0 fully saturated rings. The van der Waals surface area contributed by atoms with Crippen LogP contribution >= 0.6 is 15.9 Å². The molecule has 0 bridgehead atoms. The molecule has 0 saturated carbocycles. The van der Waals surface area contributed by atoms with Gasteiger partial charge in [0.15, 0.2) is 0 Å². The van der Waals surface area contributed by atoms with Crippen LogP contribution < -0.4 is 0 Å². The second-order valence-corrected chi connectivity index (χ2v) is 4.94. The zero-order valence-corrected chi connectivity index (χ0v) is 9.77. The van der Waals surface area contributed by atoms with E-state index in [-0.39, 0.29) is 5.41 Å². The lowest BCUT2D eigenvalue weighted by Gasteiger charge is -2.19. The molecular formula is C12H13Br. The zero-order valence-electron chi connectivity index (χ0n) is 8.19. The third-order valence-electron chi connectivity index (χ3n) is 1.99. The number of rotatable bonds is 0. The predicted octanol–water partition coefficient (Wildman–Crippen LogP) is 3.73. The number of benzene rings is 1. The highest BCUT2D eigenvalue weighted by atomic mass is 79.9. The molecule has 0 spiro atoms. The van der Waals surface area contributed by atoms with E-state index in [9.17, 15) is 0 Å². The van der Waals surface area contributed by atoms with Crippen molar-refractivity contribution >= 4 is 15.9 Å². The maximum absolute atomic E-state index is 5.38. The van der Waals surface area contributed by atoms with Gasteiger partial charge in [0, 0.05) is 10.0 Å². The number of hydrogen-bond donors (Lipinski definition) is 0. The van der Waals surface area contributed by atoms with Crippen LogP contribution in [-0.2, 0) is 5.41 Å². The van der Waals surface area contributed by atoms with Crippen LogP contribution in [0.3, 0.4) is 0 Å². The monoisotopic (exact) mass is 236 g/mol. The molecule has 0 heterocycles. The maximum atomic E-state index is 5.38. The van der Waals surface area contributed by atoms with Crippen LogP contribution in [0.1, 0.15) is 31.9 Å². The van der Waals surface area contributed by atoms with Crippen molar-refractivity contribution in [2.75, 3.05) is 0 Å². The summed E-state index contributed by atoms with van der Waals surface area (Å²) in [7, 11) is 0. The Morgan fingerprint density at radius 1 is 1.31 bits per heavy atom. The van der Waals surface area contributed by atoms with Gasteiger partial charge in [-0.2, -0.15) is 0 Å². The van der Waals surface area contributed by atoms with Crippen LogP contribution in [0.15, 0.2) is 22.7 Å². The lowest BCUT2D eigenvalue weighted by molar-refractivity contribution is 0.590. The Bertz CT molecular complexity index is 350. The van der Waals surface area contributed by atoms with Crippen LogP contribution in [0.2, 0.25) is 0 Å². The summed E-state index contributed by atoms with van der Waals surface area (Å²) in [5.41, 5.74) is 2.35. The lowest BCUT2D eigenvalue weighted by atomic mass is 9.86. The molecule has 0 aliphatic carbocycles. The molecular weight excluding hydrogens is 224 g/mol. The maximum Gasteiger partial charge on any atom is 0.0387 e. The molecule has 13 heavy (non-hydrogen) atoms. The van der Waals surface area contributed by atoms with E-state index in [1.807, 2.05) is 6.07 Å². The van der Waals surface area contributed by atoms with Gasteiger partial charge in [-0.15, -0.1) is 6.42 Å². The van der Waals surface area contributed by atoms with Gasteiger partial charge >= 0.3 is 0 Å². The van der Waals surface area contributed by atoms with Crippen molar-refractivity contribution in [3.05, 3.63) is 33.8 Å². The SMILES string of the molecule is C#Cc1cc(C(C)(C)C)ccc1Br. The van der Waals surface area contributed by atoms with Crippen molar-refractivity contribution in [3.63, 3.8) is 0 Å². The third kappa shape index (κ3) is 2.35. The van der Waals surface area contributed by atoms with E-state index in [4.69, 9.17) is 6.42 Å². The van der Waals surface area contributed by atoms with Crippen molar-refractivity contribution < 1.29 is 0 Å². The van der Waals surface area contributed by atoms with Crippen LogP contribution in [0.25, 0.3) is 0 Å². The third-order valence-corrected chi connectivity index (χ3v) is 2.68. The molecule has 0 unspecified atom stereocenters. The first kappa shape index (κ1) is 10.3. The first-order valence-electron chi connectivity index (χ1n) is 4.22. The molecule has 0 aliphatic heterocycles. The normalized spacial score (nSPS) is 11.0. The summed E-state index contributed by atoms with van der Waals surface area (Å²) in [4.78, 5) is 0. The summed E-state index contributed by atoms with van der Waals surface area (Å²) in [5, 5.41) is 0. The summed E-state index contributed by atoms with van der Waals surface area (Å²) in [5.74, 6) is 2.66. The predicted molar refractivity (Wildman–Crippen MR) is 60.8 cm³/mol. The molecule has 0 N–H and O–H groups in total. The topological polar surface area (TPSA) is 0 Å². The Morgan fingerprint density at radius 3 is 2.38 bits per heavy atom. The number of halogens is 1. The number of terminal acetylenes is 1. The highest BCUT2D eigenvalue weighted by Crippen LogP contribution is 2.26. The van der Waals surface area contributed by atoms with Crippen molar-refractivity contribution in [3.8, 4) is 12.3 Å². The van der Waals surface area contributed by atoms with Crippen LogP contribution in [0, 0.1) is 12.3 Å². The summed E-state index contributed by atoms with van der Waals surface area (Å²) in [6.07, 6.45) is 5.38. The fourth-order valence-corrected chi connectivity index (χ4v) is 1.46. The van der Waals surface area contributed by atoms with Gasteiger partial charge in [0.25, 0.3) is 0 Å². The minimum atomic E-state index is 0.159. The molecule has 0 amide bonds. The van der Waals surface area contributed by atoms with Gasteiger partial charge in [-0.05, 0) is 39.0 Å². The smallest absolute Gasteiger partial charge is 0.0387 e. The van der Waals surface area contributed by atoms with Crippen molar-refractivity contribution in [1.29, 1.82) is 0 Å². The zero-order chi connectivity index (χ0) is 10.1. The highest BCUT2D eigenvalue weighted by Gasteiger charge is 2.14. The van der Waals surface area contributed by atoms with Gasteiger partial charge in [0.05, 0.1) is 0 Å². The van der Waals surface area contributed by atoms with E-state index in [1.165, 1.54) is 5.56 Å². The molecule has 1 aromatic carbocycles. The first-order chi connectivity index (χ1) is 5.95. The second-order valence-electron chi connectivity index (χ2n) is 4.09.